The van der Waals surface area contributed by atoms with Crippen LogP contribution in [-0.4, -0.2) is 32.9 Å². The van der Waals surface area contributed by atoms with Crippen LogP contribution in [0.3, 0.4) is 0 Å². The number of amidine groups is 1. The maximum Gasteiger partial charge on any atom is 0.270 e. The van der Waals surface area contributed by atoms with Crippen molar-refractivity contribution >= 4 is 45.5 Å². The van der Waals surface area contributed by atoms with E-state index in [2.05, 4.69) is 10.2 Å². The maximum atomic E-state index is 12.4. The predicted molar refractivity (Wildman–Crippen MR) is 115 cm³/mol. The Hall–Kier alpha value is -3.52. The summed E-state index contributed by atoms with van der Waals surface area (Å²) in [6.45, 7) is 0.415. The van der Waals surface area contributed by atoms with Crippen molar-refractivity contribution in [2.45, 2.75) is 6.54 Å². The molecule has 4 rings (SSSR count). The number of carbonyl (C=O) groups is 1. The fourth-order valence-corrected chi connectivity index (χ4v) is 3.93. The highest BCUT2D eigenvalue weighted by Crippen LogP contribution is 2.25. The number of hydrogen-bond donors (Lipinski definition) is 0. The van der Waals surface area contributed by atoms with Gasteiger partial charge in [-0.2, -0.15) is 5.10 Å². The summed E-state index contributed by atoms with van der Waals surface area (Å²) < 4.78 is 0. The van der Waals surface area contributed by atoms with Crippen LogP contribution in [0, 0.1) is 10.1 Å². The minimum absolute atomic E-state index is 0.00963. The van der Waals surface area contributed by atoms with E-state index in [1.165, 1.54) is 30.1 Å². The molecular weight excluding hydrogens is 388 g/mol. The van der Waals surface area contributed by atoms with E-state index < -0.39 is 4.92 Å². The number of hydrogen-bond acceptors (Lipinski definition) is 6. The topological polar surface area (TPSA) is 88.2 Å². The Labute approximate surface area is 170 Å². The Kier molecular flexibility index (Phi) is 5.35. The van der Waals surface area contributed by atoms with Crippen molar-refractivity contribution in [3.8, 4) is 0 Å². The van der Waals surface area contributed by atoms with Gasteiger partial charge in [-0.05, 0) is 16.3 Å². The number of rotatable bonds is 5. The van der Waals surface area contributed by atoms with Gasteiger partial charge in [0.2, 0.25) is 5.91 Å². The monoisotopic (exact) mass is 404 g/mol. The molecule has 0 unspecified atom stereocenters. The van der Waals surface area contributed by atoms with Crippen molar-refractivity contribution in [2.75, 3.05) is 5.75 Å². The number of nitro groups is 1. The summed E-state index contributed by atoms with van der Waals surface area (Å²) >= 11 is 1.33. The van der Waals surface area contributed by atoms with Gasteiger partial charge < -0.3 is 0 Å². The Morgan fingerprint density at radius 1 is 1.10 bits per heavy atom. The van der Waals surface area contributed by atoms with Crippen molar-refractivity contribution in [2.24, 2.45) is 10.2 Å². The molecule has 0 aromatic heterocycles. The third-order valence-corrected chi connectivity index (χ3v) is 5.45. The van der Waals surface area contributed by atoms with Crippen LogP contribution in [0.1, 0.15) is 11.1 Å². The third kappa shape index (κ3) is 4.17. The second-order valence-corrected chi connectivity index (χ2v) is 7.33. The predicted octanol–water partition coefficient (Wildman–Crippen LogP) is 4.21. The van der Waals surface area contributed by atoms with Crippen LogP contribution in [0.2, 0.25) is 0 Å². The molecule has 1 saturated heterocycles. The SMILES string of the molecule is O=C1CS/C(=N\N=C\c2cccc([N+](=O)[O-])c2)N1Cc1cccc2ccccc12. The van der Waals surface area contributed by atoms with Crippen LogP contribution < -0.4 is 0 Å². The van der Waals surface area contributed by atoms with E-state index in [1.54, 1.807) is 17.0 Å². The van der Waals surface area contributed by atoms with Crippen LogP contribution in [0.25, 0.3) is 10.8 Å². The number of carbonyl (C=O) groups excluding carboxylic acids is 1. The molecule has 0 N–H and O–H groups in total. The molecule has 1 fully saturated rings. The first kappa shape index (κ1) is 18.8. The van der Waals surface area contributed by atoms with Crippen LogP contribution in [0.15, 0.2) is 76.9 Å². The molecule has 1 amide bonds. The highest BCUT2D eigenvalue weighted by atomic mass is 32.2. The van der Waals surface area contributed by atoms with Gasteiger partial charge in [0.15, 0.2) is 5.17 Å². The van der Waals surface area contributed by atoms with Gasteiger partial charge in [0, 0.05) is 17.7 Å². The lowest BCUT2D eigenvalue weighted by Crippen LogP contribution is -2.28. The van der Waals surface area contributed by atoms with E-state index in [9.17, 15) is 14.9 Å². The molecule has 0 radical (unpaired) electrons. The third-order valence-electron chi connectivity index (χ3n) is 4.50. The quantitative estimate of drug-likeness (QED) is 0.362. The van der Waals surface area contributed by atoms with Gasteiger partial charge in [-0.3, -0.25) is 19.8 Å². The molecule has 0 saturated carbocycles. The molecule has 1 aliphatic rings. The molecule has 0 bridgehead atoms. The zero-order chi connectivity index (χ0) is 20.2. The van der Waals surface area contributed by atoms with Crippen molar-refractivity contribution in [3.05, 3.63) is 88.0 Å². The lowest BCUT2D eigenvalue weighted by Gasteiger charge is -2.16. The average Bonchev–Trinajstić information content (AvgIpc) is 3.08. The van der Waals surface area contributed by atoms with E-state index in [-0.39, 0.29) is 11.6 Å². The van der Waals surface area contributed by atoms with Gasteiger partial charge in [-0.1, -0.05) is 66.4 Å². The average molecular weight is 404 g/mol. The standard InChI is InChI=1S/C21H16N4O3S/c26-20-14-29-21(23-22-12-15-5-3-9-18(11-15)25(27)28)24(20)13-17-8-4-7-16-6-1-2-10-19(16)17/h1-12H,13-14H2/b22-12+,23-21-. The molecule has 144 valence electrons. The second-order valence-electron chi connectivity index (χ2n) is 6.39. The Morgan fingerprint density at radius 3 is 2.76 bits per heavy atom. The summed E-state index contributed by atoms with van der Waals surface area (Å²) in [7, 11) is 0. The summed E-state index contributed by atoms with van der Waals surface area (Å²) in [5.74, 6) is 0.294. The summed E-state index contributed by atoms with van der Waals surface area (Å²) in [5, 5.41) is 21.8. The van der Waals surface area contributed by atoms with Crippen LogP contribution >= 0.6 is 11.8 Å². The highest BCUT2D eigenvalue weighted by molar-refractivity contribution is 8.15. The summed E-state index contributed by atoms with van der Waals surface area (Å²) in [6.07, 6.45) is 1.44. The molecule has 0 aliphatic carbocycles. The zero-order valence-corrected chi connectivity index (χ0v) is 16.1. The van der Waals surface area contributed by atoms with Gasteiger partial charge in [-0.25, -0.2) is 0 Å². The van der Waals surface area contributed by atoms with E-state index in [0.29, 0.717) is 23.0 Å². The molecule has 0 spiro atoms. The van der Waals surface area contributed by atoms with Gasteiger partial charge in [0.05, 0.1) is 23.4 Å². The van der Waals surface area contributed by atoms with Gasteiger partial charge in [0.25, 0.3) is 5.69 Å². The fourth-order valence-electron chi connectivity index (χ4n) is 3.09. The smallest absolute Gasteiger partial charge is 0.270 e. The summed E-state index contributed by atoms with van der Waals surface area (Å²) in [4.78, 5) is 24.4. The Bertz CT molecular complexity index is 1150. The van der Waals surface area contributed by atoms with E-state index >= 15 is 0 Å². The van der Waals surface area contributed by atoms with Gasteiger partial charge in [0.1, 0.15) is 0 Å². The Balaban J connectivity index is 1.56. The maximum absolute atomic E-state index is 12.4. The van der Waals surface area contributed by atoms with Gasteiger partial charge >= 0.3 is 0 Å². The second kappa shape index (κ2) is 8.24. The molecule has 29 heavy (non-hydrogen) atoms. The number of amides is 1. The van der Waals surface area contributed by atoms with E-state index in [0.717, 1.165) is 16.3 Å². The number of nitro benzene ring substituents is 1. The molecule has 1 heterocycles. The Morgan fingerprint density at radius 2 is 1.90 bits per heavy atom. The molecule has 7 nitrogen and oxygen atoms in total. The van der Waals surface area contributed by atoms with Crippen molar-refractivity contribution in [3.63, 3.8) is 0 Å². The molecular formula is C21H16N4O3S. The lowest BCUT2D eigenvalue weighted by molar-refractivity contribution is -0.384. The molecule has 3 aromatic carbocycles. The molecule has 0 atom stereocenters. The number of fused-ring (bicyclic) bond motifs is 1. The summed E-state index contributed by atoms with van der Waals surface area (Å²) in [6, 6.07) is 20.2. The minimum Gasteiger partial charge on any atom is -0.285 e. The largest absolute Gasteiger partial charge is 0.285 e. The summed E-state index contributed by atoms with van der Waals surface area (Å²) in [5.41, 5.74) is 1.59. The zero-order valence-electron chi connectivity index (χ0n) is 15.3. The van der Waals surface area contributed by atoms with Crippen LogP contribution in [0.4, 0.5) is 5.69 Å². The highest BCUT2D eigenvalue weighted by Gasteiger charge is 2.28. The lowest BCUT2D eigenvalue weighted by atomic mass is 10.0. The number of non-ortho nitro benzene ring substituents is 1. The molecule has 3 aromatic rings. The van der Waals surface area contributed by atoms with Crippen LogP contribution in [0.5, 0.6) is 0 Å². The first-order chi connectivity index (χ1) is 14.1. The number of thioether (sulfide) groups is 1. The van der Waals surface area contributed by atoms with E-state index in [1.807, 2.05) is 42.5 Å². The van der Waals surface area contributed by atoms with Crippen LogP contribution in [-0.2, 0) is 11.3 Å². The fraction of sp³-hybridized carbons (Fsp3) is 0.0952. The molecule has 1 aliphatic heterocycles. The first-order valence-electron chi connectivity index (χ1n) is 8.87. The number of nitrogens with zero attached hydrogens (tertiary/aromatic N) is 4. The number of benzene rings is 3. The molecule has 8 heteroatoms. The van der Waals surface area contributed by atoms with Crippen molar-refractivity contribution in [1.29, 1.82) is 0 Å². The minimum atomic E-state index is -0.458. The van der Waals surface area contributed by atoms with Crippen molar-refractivity contribution in [1.82, 2.24) is 4.90 Å². The van der Waals surface area contributed by atoms with Crippen molar-refractivity contribution < 1.29 is 9.72 Å². The van der Waals surface area contributed by atoms with Gasteiger partial charge in [-0.15, -0.1) is 5.10 Å². The van der Waals surface area contributed by atoms with E-state index in [4.69, 9.17) is 0 Å². The first-order valence-corrected chi connectivity index (χ1v) is 9.86. The normalized spacial score (nSPS) is 15.7.